The highest BCUT2D eigenvalue weighted by atomic mass is 15.2. The van der Waals surface area contributed by atoms with Gasteiger partial charge in [-0.25, -0.2) is 9.97 Å². The van der Waals surface area contributed by atoms with Crippen LogP contribution in [0.2, 0.25) is 0 Å². The van der Waals surface area contributed by atoms with Crippen LogP contribution in [0.15, 0.2) is 6.33 Å². The predicted octanol–water partition coefficient (Wildman–Crippen LogP) is 3.98. The zero-order chi connectivity index (χ0) is 15.8. The maximum atomic E-state index is 4.60. The van der Waals surface area contributed by atoms with E-state index in [0.29, 0.717) is 11.8 Å². The maximum absolute atomic E-state index is 4.60. The average molecular weight is 292 g/mol. The van der Waals surface area contributed by atoms with Crippen LogP contribution in [0.25, 0.3) is 0 Å². The first-order valence-corrected chi connectivity index (χ1v) is 8.32. The van der Waals surface area contributed by atoms with E-state index < -0.39 is 0 Å². The Bertz CT molecular complexity index is 405. The summed E-state index contributed by atoms with van der Waals surface area (Å²) in [4.78, 5) is 11.5. The largest absolute Gasteiger partial charge is 0.370 e. The maximum Gasteiger partial charge on any atom is 0.137 e. The molecule has 4 heteroatoms. The first-order chi connectivity index (χ1) is 9.99. The van der Waals surface area contributed by atoms with Gasteiger partial charge in [0.15, 0.2) is 0 Å². The van der Waals surface area contributed by atoms with Crippen molar-refractivity contribution in [3.8, 4) is 0 Å². The number of anilines is 2. The van der Waals surface area contributed by atoms with E-state index >= 15 is 0 Å². The topological polar surface area (TPSA) is 41.1 Å². The van der Waals surface area contributed by atoms with Crippen LogP contribution in [0.5, 0.6) is 0 Å². The van der Waals surface area contributed by atoms with Crippen LogP contribution in [0, 0.1) is 11.8 Å². The number of aromatic nitrogens is 2. The Morgan fingerprint density at radius 2 is 1.67 bits per heavy atom. The van der Waals surface area contributed by atoms with Crippen molar-refractivity contribution < 1.29 is 0 Å². The van der Waals surface area contributed by atoms with E-state index in [1.165, 1.54) is 5.56 Å². The highest BCUT2D eigenvalue weighted by Gasteiger charge is 2.17. The third-order valence-electron chi connectivity index (χ3n) is 3.29. The lowest BCUT2D eigenvalue weighted by Crippen LogP contribution is -2.33. The van der Waals surface area contributed by atoms with E-state index in [9.17, 15) is 0 Å². The van der Waals surface area contributed by atoms with Gasteiger partial charge < -0.3 is 10.2 Å². The van der Waals surface area contributed by atoms with Crippen molar-refractivity contribution in [2.75, 3.05) is 29.9 Å². The minimum absolute atomic E-state index is 0.621. The molecule has 0 bridgehead atoms. The van der Waals surface area contributed by atoms with Gasteiger partial charge >= 0.3 is 0 Å². The van der Waals surface area contributed by atoms with E-state index in [-0.39, 0.29) is 0 Å². The van der Waals surface area contributed by atoms with Crippen molar-refractivity contribution in [2.24, 2.45) is 11.8 Å². The molecule has 0 spiro atoms. The summed E-state index contributed by atoms with van der Waals surface area (Å²) in [6, 6.07) is 0. The molecule has 0 unspecified atom stereocenters. The van der Waals surface area contributed by atoms with Gasteiger partial charge in [-0.3, -0.25) is 0 Å². The van der Waals surface area contributed by atoms with Gasteiger partial charge in [0.25, 0.3) is 0 Å². The van der Waals surface area contributed by atoms with Crippen molar-refractivity contribution in [1.29, 1.82) is 0 Å². The van der Waals surface area contributed by atoms with Gasteiger partial charge in [-0.05, 0) is 24.7 Å². The number of rotatable bonds is 9. The fourth-order valence-electron chi connectivity index (χ4n) is 2.53. The lowest BCUT2D eigenvalue weighted by atomic mass is 10.1. The zero-order valence-corrected chi connectivity index (χ0v) is 14.6. The summed E-state index contributed by atoms with van der Waals surface area (Å²) in [7, 11) is 0. The molecule has 0 aliphatic rings. The van der Waals surface area contributed by atoms with E-state index in [0.717, 1.165) is 44.1 Å². The highest BCUT2D eigenvalue weighted by Crippen LogP contribution is 2.25. The second-order valence-corrected chi connectivity index (χ2v) is 6.50. The molecule has 1 aromatic heterocycles. The highest BCUT2D eigenvalue weighted by molar-refractivity contribution is 5.58. The second-order valence-electron chi connectivity index (χ2n) is 6.50. The van der Waals surface area contributed by atoms with Crippen LogP contribution in [0.3, 0.4) is 0 Å². The van der Waals surface area contributed by atoms with Crippen molar-refractivity contribution in [3.63, 3.8) is 0 Å². The minimum Gasteiger partial charge on any atom is -0.370 e. The Kier molecular flexibility index (Phi) is 7.48. The van der Waals surface area contributed by atoms with Crippen LogP contribution in [-0.4, -0.2) is 29.6 Å². The third-order valence-corrected chi connectivity index (χ3v) is 3.29. The normalized spacial score (nSPS) is 11.2. The van der Waals surface area contributed by atoms with Crippen LogP contribution >= 0.6 is 0 Å². The van der Waals surface area contributed by atoms with E-state index in [2.05, 4.69) is 61.7 Å². The molecule has 0 saturated heterocycles. The van der Waals surface area contributed by atoms with E-state index in [1.54, 1.807) is 6.33 Å². The molecule has 1 N–H and O–H groups in total. The lowest BCUT2D eigenvalue weighted by Gasteiger charge is -2.29. The van der Waals surface area contributed by atoms with Crippen LogP contribution in [-0.2, 0) is 6.42 Å². The van der Waals surface area contributed by atoms with Gasteiger partial charge in [-0.15, -0.1) is 0 Å². The summed E-state index contributed by atoms with van der Waals surface area (Å²) >= 11 is 0. The Labute approximate surface area is 130 Å². The van der Waals surface area contributed by atoms with Gasteiger partial charge in [0.1, 0.15) is 18.0 Å². The number of nitrogens with zero attached hydrogens (tertiary/aromatic N) is 3. The Hall–Kier alpha value is -1.32. The summed E-state index contributed by atoms with van der Waals surface area (Å²) in [5, 5.41) is 3.44. The standard InChI is InChI=1S/C17H32N4/c1-7-9-18-16-15(8-2)17(20-12-19-16)21(10-13(3)4)11-14(5)6/h12-14H,7-11H2,1-6H3,(H,18,19,20). The van der Waals surface area contributed by atoms with Crippen molar-refractivity contribution in [3.05, 3.63) is 11.9 Å². The van der Waals surface area contributed by atoms with Gasteiger partial charge in [0.05, 0.1) is 0 Å². The first-order valence-electron chi connectivity index (χ1n) is 8.32. The predicted molar refractivity (Wildman–Crippen MR) is 92.1 cm³/mol. The number of hydrogen-bond donors (Lipinski definition) is 1. The monoisotopic (exact) mass is 292 g/mol. The molecule has 1 aromatic rings. The molecule has 0 atom stereocenters. The zero-order valence-electron chi connectivity index (χ0n) is 14.6. The lowest BCUT2D eigenvalue weighted by molar-refractivity contribution is 0.547. The molecule has 1 heterocycles. The minimum atomic E-state index is 0.621. The van der Waals surface area contributed by atoms with Crippen molar-refractivity contribution in [2.45, 2.75) is 54.4 Å². The molecule has 0 fully saturated rings. The molecule has 0 aliphatic carbocycles. The average Bonchev–Trinajstić information content (AvgIpc) is 2.42. The molecule has 0 saturated carbocycles. The van der Waals surface area contributed by atoms with Crippen LogP contribution in [0.1, 0.15) is 53.5 Å². The molecule has 120 valence electrons. The number of nitrogens with one attached hydrogen (secondary N) is 1. The molecule has 0 radical (unpaired) electrons. The fraction of sp³-hybridized carbons (Fsp3) is 0.765. The summed E-state index contributed by atoms with van der Waals surface area (Å²) in [6.45, 7) is 16.4. The summed E-state index contributed by atoms with van der Waals surface area (Å²) in [5.74, 6) is 3.35. The molecule has 0 amide bonds. The van der Waals surface area contributed by atoms with Crippen LogP contribution < -0.4 is 10.2 Å². The quantitative estimate of drug-likeness (QED) is 0.747. The van der Waals surface area contributed by atoms with Gasteiger partial charge in [0, 0.05) is 25.2 Å². The molecule has 1 rings (SSSR count). The van der Waals surface area contributed by atoms with Crippen molar-refractivity contribution in [1.82, 2.24) is 9.97 Å². The summed E-state index contributed by atoms with van der Waals surface area (Å²) in [5.41, 5.74) is 1.24. The SMILES string of the molecule is CCCNc1ncnc(N(CC(C)C)CC(C)C)c1CC. The molecule has 21 heavy (non-hydrogen) atoms. The molecular formula is C17H32N4. The number of hydrogen-bond acceptors (Lipinski definition) is 4. The Morgan fingerprint density at radius 1 is 1.05 bits per heavy atom. The van der Waals surface area contributed by atoms with Gasteiger partial charge in [-0.2, -0.15) is 0 Å². The van der Waals surface area contributed by atoms with Gasteiger partial charge in [0.2, 0.25) is 0 Å². The Balaban J connectivity index is 3.10. The molecule has 0 aromatic carbocycles. The van der Waals surface area contributed by atoms with Gasteiger partial charge in [-0.1, -0.05) is 41.5 Å². The van der Waals surface area contributed by atoms with Crippen molar-refractivity contribution >= 4 is 11.6 Å². The molecule has 4 nitrogen and oxygen atoms in total. The Morgan fingerprint density at radius 3 is 2.14 bits per heavy atom. The first kappa shape index (κ1) is 17.7. The molecule has 0 aliphatic heterocycles. The van der Waals surface area contributed by atoms with Crippen LogP contribution in [0.4, 0.5) is 11.6 Å². The third kappa shape index (κ3) is 5.52. The second kappa shape index (κ2) is 8.85. The van der Waals surface area contributed by atoms with E-state index in [1.807, 2.05) is 0 Å². The fourth-order valence-corrected chi connectivity index (χ4v) is 2.53. The summed E-state index contributed by atoms with van der Waals surface area (Å²) < 4.78 is 0. The smallest absolute Gasteiger partial charge is 0.137 e. The molecular weight excluding hydrogens is 260 g/mol. The summed E-state index contributed by atoms with van der Waals surface area (Å²) in [6.07, 6.45) is 3.75. The van der Waals surface area contributed by atoms with E-state index in [4.69, 9.17) is 0 Å².